The molecule has 4 rings (SSSR count). The maximum atomic E-state index is 14.2. The van der Waals surface area contributed by atoms with Gasteiger partial charge in [0.15, 0.2) is 5.65 Å². The summed E-state index contributed by atoms with van der Waals surface area (Å²) in [6, 6.07) is 11.6. The van der Waals surface area contributed by atoms with Gasteiger partial charge < -0.3 is 5.32 Å². The lowest BCUT2D eigenvalue weighted by molar-refractivity contribution is -0.903. The Kier molecular flexibility index (Phi) is 4.67. The van der Waals surface area contributed by atoms with Gasteiger partial charge in [-0.2, -0.15) is 9.61 Å². The molecule has 2 N–H and O–H groups in total. The van der Waals surface area contributed by atoms with Gasteiger partial charge in [0.25, 0.3) is 0 Å². The number of aromatic nitrogens is 4. The zero-order valence-corrected chi connectivity index (χ0v) is 16.1. The molecule has 0 radical (unpaired) electrons. The Hall–Kier alpha value is -2.71. The Balaban J connectivity index is 1.75. The normalized spacial score (nSPS) is 11.1. The van der Waals surface area contributed by atoms with Crippen LogP contribution >= 0.6 is 27.5 Å². The zero-order chi connectivity index (χ0) is 19.0. The Labute approximate surface area is 167 Å². The summed E-state index contributed by atoms with van der Waals surface area (Å²) in [6.07, 6.45) is 3.13. The number of hydrogen-bond donors (Lipinski definition) is 2. The van der Waals surface area contributed by atoms with Crippen molar-refractivity contribution in [1.29, 1.82) is 0 Å². The molecule has 0 aliphatic rings. The molecule has 0 saturated carbocycles. The third-order valence-electron chi connectivity index (χ3n) is 3.99. The summed E-state index contributed by atoms with van der Waals surface area (Å²) < 4.78 is 17.4. The van der Waals surface area contributed by atoms with Gasteiger partial charge in [-0.1, -0.05) is 12.1 Å². The smallest absolute Gasteiger partial charge is 0.325 e. The SMILES string of the molecule is O[n+]1cc(CNc2cc(-c3ccccc3F)nc3c(Br)cnn23)ccc1Cl. The number of benzene rings is 1. The van der Waals surface area contributed by atoms with Gasteiger partial charge in [-0.25, -0.2) is 9.37 Å². The summed E-state index contributed by atoms with van der Waals surface area (Å²) in [7, 11) is 0. The van der Waals surface area contributed by atoms with E-state index >= 15 is 0 Å². The first-order valence-electron chi connectivity index (χ1n) is 7.95. The van der Waals surface area contributed by atoms with Crippen LogP contribution in [-0.4, -0.2) is 19.8 Å². The predicted molar refractivity (Wildman–Crippen MR) is 102 cm³/mol. The monoisotopic (exact) mass is 448 g/mol. The Bertz CT molecular complexity index is 1150. The van der Waals surface area contributed by atoms with Crippen LogP contribution in [0, 0.1) is 5.82 Å². The molecule has 4 aromatic rings. The highest BCUT2D eigenvalue weighted by atomic mass is 79.9. The molecule has 0 bridgehead atoms. The molecule has 0 amide bonds. The van der Waals surface area contributed by atoms with Crippen molar-refractivity contribution in [1.82, 2.24) is 14.6 Å². The van der Waals surface area contributed by atoms with Crippen LogP contribution in [0.25, 0.3) is 16.9 Å². The fourth-order valence-corrected chi connectivity index (χ4v) is 3.14. The Morgan fingerprint density at radius 1 is 1.26 bits per heavy atom. The van der Waals surface area contributed by atoms with E-state index in [0.29, 0.717) is 33.7 Å². The summed E-state index contributed by atoms with van der Waals surface area (Å²) in [6.45, 7) is 0.394. The molecular formula is C18H13BrClFN5O+. The highest BCUT2D eigenvalue weighted by Gasteiger charge is 2.14. The van der Waals surface area contributed by atoms with Crippen molar-refractivity contribution in [2.45, 2.75) is 6.54 Å². The molecule has 9 heteroatoms. The van der Waals surface area contributed by atoms with Crippen molar-refractivity contribution in [2.75, 3.05) is 5.32 Å². The third-order valence-corrected chi connectivity index (χ3v) is 4.85. The second kappa shape index (κ2) is 7.13. The first kappa shape index (κ1) is 17.7. The van der Waals surface area contributed by atoms with Gasteiger partial charge in [-0.15, -0.1) is 0 Å². The van der Waals surface area contributed by atoms with Gasteiger partial charge in [0.05, 0.1) is 16.4 Å². The van der Waals surface area contributed by atoms with Crippen molar-refractivity contribution in [3.63, 3.8) is 0 Å². The van der Waals surface area contributed by atoms with Crippen molar-refractivity contribution in [2.24, 2.45) is 0 Å². The van der Waals surface area contributed by atoms with Crippen LogP contribution in [0.3, 0.4) is 0 Å². The number of halogens is 3. The second-order valence-corrected chi connectivity index (χ2v) is 7.03. The standard InChI is InChI=1S/C18H13BrClFN5O/c19-13-9-23-26-17(22-8-11-5-6-16(20)25(27)10-11)7-15(24-18(13)26)12-3-1-2-4-14(12)21/h1-7,9-10,22,27H,8H2/q+1. The van der Waals surface area contributed by atoms with Gasteiger partial charge in [0, 0.05) is 34.5 Å². The quantitative estimate of drug-likeness (QED) is 0.280. The van der Waals surface area contributed by atoms with E-state index in [4.69, 9.17) is 11.6 Å². The lowest BCUT2D eigenvalue weighted by Crippen LogP contribution is -2.31. The van der Waals surface area contributed by atoms with Crippen LogP contribution in [0.1, 0.15) is 5.56 Å². The first-order chi connectivity index (χ1) is 13.0. The molecule has 3 aromatic heterocycles. The van der Waals surface area contributed by atoms with Crippen molar-refractivity contribution in [3.05, 3.63) is 75.9 Å². The van der Waals surface area contributed by atoms with E-state index in [1.54, 1.807) is 47.1 Å². The van der Waals surface area contributed by atoms with Crippen LogP contribution in [0.5, 0.6) is 0 Å². The summed E-state index contributed by atoms with van der Waals surface area (Å²) >= 11 is 9.23. The first-order valence-corrected chi connectivity index (χ1v) is 9.12. The number of nitrogens with one attached hydrogen (secondary N) is 1. The highest BCUT2D eigenvalue weighted by Crippen LogP contribution is 2.27. The highest BCUT2D eigenvalue weighted by molar-refractivity contribution is 9.10. The number of anilines is 1. The molecule has 27 heavy (non-hydrogen) atoms. The van der Waals surface area contributed by atoms with Crippen LogP contribution < -0.4 is 10.0 Å². The van der Waals surface area contributed by atoms with E-state index in [1.807, 2.05) is 0 Å². The fourth-order valence-electron chi connectivity index (χ4n) is 2.68. The van der Waals surface area contributed by atoms with Gasteiger partial charge in [0.1, 0.15) is 11.6 Å². The minimum atomic E-state index is -0.352. The summed E-state index contributed by atoms with van der Waals surface area (Å²) in [4.78, 5) is 4.52. The molecule has 136 valence electrons. The Morgan fingerprint density at radius 3 is 2.85 bits per heavy atom. The van der Waals surface area contributed by atoms with E-state index < -0.39 is 0 Å². The van der Waals surface area contributed by atoms with Crippen molar-refractivity contribution in [3.8, 4) is 11.3 Å². The van der Waals surface area contributed by atoms with E-state index in [1.165, 1.54) is 12.3 Å². The lowest BCUT2D eigenvalue weighted by Gasteiger charge is -2.11. The van der Waals surface area contributed by atoms with E-state index in [2.05, 4.69) is 31.3 Å². The van der Waals surface area contributed by atoms with Crippen LogP contribution in [0.15, 0.2) is 59.3 Å². The minimum absolute atomic E-state index is 0.211. The summed E-state index contributed by atoms with van der Waals surface area (Å²) in [5.74, 6) is 0.276. The minimum Gasteiger partial charge on any atom is -0.366 e. The largest absolute Gasteiger partial charge is 0.366 e. The predicted octanol–water partition coefficient (Wildman–Crippen LogP) is 4.09. The van der Waals surface area contributed by atoms with E-state index in [0.717, 1.165) is 10.3 Å². The average molecular weight is 450 g/mol. The van der Waals surface area contributed by atoms with Crippen LogP contribution in [0.2, 0.25) is 5.15 Å². The number of pyridine rings is 1. The van der Waals surface area contributed by atoms with Gasteiger partial charge in [-0.05, 0) is 45.7 Å². The average Bonchev–Trinajstić information content (AvgIpc) is 3.04. The fraction of sp³-hybridized carbons (Fsp3) is 0.0556. The molecule has 6 nitrogen and oxygen atoms in total. The molecule has 3 heterocycles. The number of fused-ring (bicyclic) bond motifs is 1. The molecular weight excluding hydrogens is 437 g/mol. The van der Waals surface area contributed by atoms with E-state index in [9.17, 15) is 9.60 Å². The van der Waals surface area contributed by atoms with Crippen LogP contribution in [-0.2, 0) is 6.54 Å². The number of rotatable bonds is 4. The maximum absolute atomic E-state index is 14.2. The van der Waals surface area contributed by atoms with Gasteiger partial charge in [0.2, 0.25) is 6.20 Å². The molecule has 0 atom stereocenters. The molecule has 0 fully saturated rings. The third kappa shape index (κ3) is 3.45. The zero-order valence-electron chi connectivity index (χ0n) is 13.8. The summed E-state index contributed by atoms with van der Waals surface area (Å²) in [5.41, 5.74) is 2.24. The second-order valence-electron chi connectivity index (χ2n) is 5.79. The molecule has 0 spiro atoms. The summed E-state index contributed by atoms with van der Waals surface area (Å²) in [5, 5.41) is 17.4. The Morgan fingerprint density at radius 2 is 2.07 bits per heavy atom. The molecule has 1 aromatic carbocycles. The molecule has 0 aliphatic heterocycles. The van der Waals surface area contributed by atoms with Crippen LogP contribution in [0.4, 0.5) is 10.2 Å². The van der Waals surface area contributed by atoms with Gasteiger partial charge >= 0.3 is 5.15 Å². The maximum Gasteiger partial charge on any atom is 0.325 e. The van der Waals surface area contributed by atoms with Crippen molar-refractivity contribution < 1.29 is 14.3 Å². The molecule has 0 aliphatic carbocycles. The molecule has 0 saturated heterocycles. The number of hydrogen-bond acceptors (Lipinski definition) is 4. The topological polar surface area (TPSA) is 66.3 Å². The molecule has 0 unspecified atom stereocenters. The van der Waals surface area contributed by atoms with E-state index in [-0.39, 0.29) is 11.0 Å². The number of nitrogens with zero attached hydrogens (tertiary/aromatic N) is 4. The lowest BCUT2D eigenvalue weighted by atomic mass is 10.1. The van der Waals surface area contributed by atoms with Crippen molar-refractivity contribution >= 4 is 39.0 Å². The van der Waals surface area contributed by atoms with Gasteiger partial charge in [-0.3, -0.25) is 5.21 Å².